The van der Waals surface area contributed by atoms with Gasteiger partial charge in [-0.1, -0.05) is 90.8 Å². The first kappa shape index (κ1) is 29.4. The van der Waals surface area contributed by atoms with Gasteiger partial charge in [0.25, 0.3) is 0 Å². The molecule has 196 valence electrons. The molecule has 4 heteroatoms. The van der Waals surface area contributed by atoms with E-state index >= 15 is 0 Å². The highest BCUT2D eigenvalue weighted by Crippen LogP contribution is 2.47. The van der Waals surface area contributed by atoms with Crippen LogP contribution in [0.4, 0.5) is 0 Å². The van der Waals surface area contributed by atoms with Crippen LogP contribution in [0, 0.1) is 19.3 Å². The van der Waals surface area contributed by atoms with E-state index < -0.39 is 31.3 Å². The van der Waals surface area contributed by atoms with E-state index in [9.17, 15) is 15.3 Å². The minimum absolute atomic E-state index is 0.203. The van der Waals surface area contributed by atoms with E-state index in [1.165, 1.54) is 11.1 Å². The highest BCUT2D eigenvalue weighted by molar-refractivity contribution is 5.50. The van der Waals surface area contributed by atoms with Gasteiger partial charge < -0.3 is 20.1 Å². The zero-order chi connectivity index (χ0) is 26.7. The number of aliphatic hydroxyl groups excluding tert-OH is 3. The van der Waals surface area contributed by atoms with Gasteiger partial charge in [-0.15, -0.1) is 0 Å². The number of rotatable bonds is 11. The molecule has 4 nitrogen and oxygen atoms in total. The maximum atomic E-state index is 10.6. The Morgan fingerprint density at radius 1 is 0.600 bits per heavy atom. The minimum Gasteiger partial charge on any atom is -0.484 e. The molecule has 3 N–H and O–H groups in total. The number of hydrogen-bond donors (Lipinski definition) is 3. The third-order valence-corrected chi connectivity index (χ3v) is 7.17. The maximum Gasteiger partial charge on any atom is 0.137 e. The van der Waals surface area contributed by atoms with Crippen molar-refractivity contribution in [3.05, 3.63) is 63.2 Å². The van der Waals surface area contributed by atoms with Gasteiger partial charge in [-0.05, 0) is 59.8 Å². The van der Waals surface area contributed by atoms with Gasteiger partial charge in [-0.2, -0.15) is 0 Å². The standard InChI is InChI=1S/C31H48O4/c1-18(2)24-11-22(9)12-25(19(3)4)28(24)30(31(15-32,16-33)17-34)35-29-26(20(5)6)13-23(10)14-27(29)21(7)8/h11-14,18-21,30,32-34H,15-17H2,1-10H3. The molecular weight excluding hydrogens is 436 g/mol. The second-order valence-corrected chi connectivity index (χ2v) is 11.6. The minimum atomic E-state index is -1.25. The average Bonchev–Trinajstić information content (AvgIpc) is 2.79. The Hall–Kier alpha value is -1.88. The number of benzene rings is 2. The maximum absolute atomic E-state index is 10.6. The van der Waals surface area contributed by atoms with Crippen molar-refractivity contribution >= 4 is 0 Å². The fourth-order valence-electron chi connectivity index (χ4n) is 4.94. The first-order valence-electron chi connectivity index (χ1n) is 13.1. The second kappa shape index (κ2) is 11.9. The van der Waals surface area contributed by atoms with E-state index in [4.69, 9.17) is 4.74 Å². The van der Waals surface area contributed by atoms with E-state index in [0.717, 1.165) is 33.6 Å². The first-order valence-corrected chi connectivity index (χ1v) is 13.1. The highest BCUT2D eigenvalue weighted by Gasteiger charge is 2.44. The lowest BCUT2D eigenvalue weighted by atomic mass is 9.74. The van der Waals surface area contributed by atoms with Crippen LogP contribution in [-0.2, 0) is 0 Å². The molecule has 0 aliphatic carbocycles. The first-order chi connectivity index (χ1) is 16.3. The van der Waals surface area contributed by atoms with Crippen LogP contribution in [0.2, 0.25) is 0 Å². The quantitative estimate of drug-likeness (QED) is 0.325. The Morgan fingerprint density at radius 2 is 0.914 bits per heavy atom. The van der Waals surface area contributed by atoms with Gasteiger partial charge >= 0.3 is 0 Å². The SMILES string of the molecule is Cc1cc(C(C)C)c(OC(c2c(C(C)C)cc(C)cc2C(C)C)C(CO)(CO)CO)c(C(C)C)c1. The molecule has 1 atom stereocenters. The molecule has 2 aromatic carbocycles. The molecule has 0 aliphatic heterocycles. The van der Waals surface area contributed by atoms with Crippen LogP contribution < -0.4 is 4.74 Å². The van der Waals surface area contributed by atoms with Crippen molar-refractivity contribution in [1.82, 2.24) is 0 Å². The van der Waals surface area contributed by atoms with Gasteiger partial charge in [0.2, 0.25) is 0 Å². The van der Waals surface area contributed by atoms with Crippen LogP contribution in [0.25, 0.3) is 0 Å². The molecule has 0 radical (unpaired) electrons. The molecule has 0 saturated heterocycles. The zero-order valence-electron chi connectivity index (χ0n) is 23.6. The summed E-state index contributed by atoms with van der Waals surface area (Å²) in [4.78, 5) is 0. The van der Waals surface area contributed by atoms with Crippen molar-refractivity contribution in [2.45, 2.75) is 99.0 Å². The predicted octanol–water partition coefficient (Wildman–Crippen LogP) is 6.88. The van der Waals surface area contributed by atoms with Gasteiger partial charge in [0.05, 0.1) is 25.2 Å². The summed E-state index contributed by atoms with van der Waals surface area (Å²) in [6, 6.07) is 8.70. The zero-order valence-corrected chi connectivity index (χ0v) is 23.6. The summed E-state index contributed by atoms with van der Waals surface area (Å²) in [6.45, 7) is 20.3. The summed E-state index contributed by atoms with van der Waals surface area (Å²) < 4.78 is 7.02. The Morgan fingerprint density at radius 3 is 1.20 bits per heavy atom. The Balaban J connectivity index is 3.00. The molecular formula is C31H48O4. The van der Waals surface area contributed by atoms with Gasteiger partial charge in [0, 0.05) is 5.56 Å². The Bertz CT molecular complexity index is 917. The molecule has 0 aliphatic rings. The number of aliphatic hydroxyl groups is 3. The lowest BCUT2D eigenvalue weighted by Crippen LogP contribution is -2.44. The molecule has 2 aromatic rings. The lowest BCUT2D eigenvalue weighted by molar-refractivity contribution is -0.0755. The van der Waals surface area contributed by atoms with Gasteiger partial charge in [-0.25, -0.2) is 0 Å². The van der Waals surface area contributed by atoms with Crippen molar-refractivity contribution in [1.29, 1.82) is 0 Å². The topological polar surface area (TPSA) is 69.9 Å². The molecule has 0 saturated carbocycles. The van der Waals surface area contributed by atoms with E-state index in [0.29, 0.717) is 0 Å². The second-order valence-electron chi connectivity index (χ2n) is 11.6. The third kappa shape index (κ3) is 6.10. The number of hydrogen-bond acceptors (Lipinski definition) is 4. The Kier molecular flexibility index (Phi) is 9.98. The molecule has 0 heterocycles. The summed E-state index contributed by atoms with van der Waals surface area (Å²) in [7, 11) is 0. The van der Waals surface area contributed by atoms with Crippen LogP contribution >= 0.6 is 0 Å². The fraction of sp³-hybridized carbons (Fsp3) is 0.613. The van der Waals surface area contributed by atoms with E-state index in [2.05, 4.69) is 93.5 Å². The highest BCUT2D eigenvalue weighted by atomic mass is 16.5. The number of aryl methyl sites for hydroxylation is 2. The molecule has 0 fully saturated rings. The van der Waals surface area contributed by atoms with Crippen molar-refractivity contribution in [2.24, 2.45) is 5.41 Å². The van der Waals surface area contributed by atoms with Crippen molar-refractivity contribution in [3.8, 4) is 5.75 Å². The summed E-state index contributed by atoms with van der Waals surface area (Å²) in [5, 5.41) is 31.8. The monoisotopic (exact) mass is 484 g/mol. The molecule has 0 aromatic heterocycles. The smallest absolute Gasteiger partial charge is 0.137 e. The van der Waals surface area contributed by atoms with E-state index in [1.54, 1.807) is 0 Å². The number of ether oxygens (including phenoxy) is 1. The summed E-state index contributed by atoms with van der Waals surface area (Å²) in [6.07, 6.45) is -0.726. The normalized spacial score (nSPS) is 13.4. The van der Waals surface area contributed by atoms with Gasteiger partial charge in [0.15, 0.2) is 0 Å². The van der Waals surface area contributed by atoms with Crippen molar-refractivity contribution in [3.63, 3.8) is 0 Å². The largest absolute Gasteiger partial charge is 0.484 e. The molecule has 0 bridgehead atoms. The van der Waals surface area contributed by atoms with Crippen LogP contribution in [0.1, 0.15) is 124 Å². The van der Waals surface area contributed by atoms with Crippen molar-refractivity contribution in [2.75, 3.05) is 19.8 Å². The molecule has 1 unspecified atom stereocenters. The molecule has 0 spiro atoms. The summed E-state index contributed by atoms with van der Waals surface area (Å²) >= 11 is 0. The lowest BCUT2D eigenvalue weighted by Gasteiger charge is -2.40. The molecule has 35 heavy (non-hydrogen) atoms. The average molecular weight is 485 g/mol. The third-order valence-electron chi connectivity index (χ3n) is 7.17. The molecule has 2 rings (SSSR count). The molecule has 0 amide bonds. The van der Waals surface area contributed by atoms with E-state index in [1.807, 2.05) is 0 Å². The van der Waals surface area contributed by atoms with Crippen LogP contribution in [-0.4, -0.2) is 35.1 Å². The van der Waals surface area contributed by atoms with Crippen LogP contribution in [0.5, 0.6) is 5.75 Å². The van der Waals surface area contributed by atoms with Gasteiger partial charge in [0.1, 0.15) is 11.9 Å². The van der Waals surface area contributed by atoms with Crippen LogP contribution in [0.15, 0.2) is 24.3 Å². The van der Waals surface area contributed by atoms with E-state index in [-0.39, 0.29) is 23.7 Å². The summed E-state index contributed by atoms with van der Waals surface area (Å²) in [5.41, 5.74) is 6.53. The Labute approximate surface area is 213 Å². The predicted molar refractivity (Wildman–Crippen MR) is 146 cm³/mol. The summed E-state index contributed by atoms with van der Waals surface area (Å²) in [5.74, 6) is 1.66. The fourth-order valence-corrected chi connectivity index (χ4v) is 4.94. The van der Waals surface area contributed by atoms with Gasteiger partial charge in [-0.3, -0.25) is 0 Å². The van der Waals surface area contributed by atoms with Crippen LogP contribution in [0.3, 0.4) is 0 Å². The van der Waals surface area contributed by atoms with Crippen molar-refractivity contribution < 1.29 is 20.1 Å².